The molecule has 0 saturated heterocycles. The second-order valence-corrected chi connectivity index (χ2v) is 9.22. The van der Waals surface area contributed by atoms with Gasteiger partial charge in [0.2, 0.25) is 17.2 Å². The number of pyridine rings is 2. The normalized spacial score (nSPS) is 11.1. The van der Waals surface area contributed by atoms with Gasteiger partial charge in [-0.1, -0.05) is 53.2 Å². The van der Waals surface area contributed by atoms with Gasteiger partial charge < -0.3 is 14.4 Å². The largest absolute Gasteiger partial charge is 0.354 e. The van der Waals surface area contributed by atoms with Crippen LogP contribution in [0.25, 0.3) is 33.9 Å². The lowest BCUT2D eigenvalue weighted by molar-refractivity contribution is -0.121. The number of carbonyl (C=O) groups excluding carboxylic acids is 1. The minimum absolute atomic E-state index is 0.0281. The highest BCUT2D eigenvalue weighted by Crippen LogP contribution is 2.24. The van der Waals surface area contributed by atoms with Crippen molar-refractivity contribution in [1.82, 2.24) is 25.0 Å². The summed E-state index contributed by atoms with van der Waals surface area (Å²) in [5.41, 5.74) is 3.94. The smallest absolute Gasteiger partial charge is 0.263 e. The zero-order chi connectivity index (χ0) is 25.9. The molecule has 1 amide bonds. The van der Waals surface area contributed by atoms with E-state index in [0.717, 1.165) is 22.4 Å². The molecule has 5 aromatic rings. The first kappa shape index (κ1) is 24.4. The Hall–Kier alpha value is -4.30. The van der Waals surface area contributed by atoms with Crippen LogP contribution in [0.2, 0.25) is 5.02 Å². The number of carbonyl (C=O) groups is 1. The molecule has 0 radical (unpaired) electrons. The van der Waals surface area contributed by atoms with Crippen molar-refractivity contribution in [2.75, 3.05) is 6.54 Å². The van der Waals surface area contributed by atoms with E-state index >= 15 is 0 Å². The molecule has 3 heterocycles. The van der Waals surface area contributed by atoms with Crippen molar-refractivity contribution in [1.29, 1.82) is 0 Å². The van der Waals surface area contributed by atoms with Crippen LogP contribution in [0.3, 0.4) is 0 Å². The Morgan fingerprint density at radius 2 is 1.78 bits per heavy atom. The summed E-state index contributed by atoms with van der Waals surface area (Å²) < 4.78 is 7.14. The molecule has 0 aliphatic heterocycles. The van der Waals surface area contributed by atoms with Gasteiger partial charge in [-0.3, -0.25) is 9.59 Å². The van der Waals surface area contributed by atoms with Gasteiger partial charge in [0.1, 0.15) is 17.8 Å². The standard InChI is InChI=1S/C28H24ClN5O3/c1-17-5-3-4-6-21(17)26-32-28(37-33-26)23-15-34(27-22(25(23)36)12-7-18(2)31-27)16-24(35)30-14-13-19-8-10-20(29)11-9-19/h3-12,15H,13-14,16H2,1-2H3,(H,30,35). The van der Waals surface area contributed by atoms with Gasteiger partial charge in [-0.2, -0.15) is 4.98 Å². The Kier molecular flexibility index (Phi) is 6.83. The molecule has 8 nitrogen and oxygen atoms in total. The van der Waals surface area contributed by atoms with Crippen LogP contribution in [-0.2, 0) is 17.8 Å². The molecule has 0 bridgehead atoms. The number of aryl methyl sites for hydroxylation is 2. The third-order valence-corrected chi connectivity index (χ3v) is 6.32. The number of aromatic nitrogens is 4. The number of fused-ring (bicyclic) bond motifs is 1. The number of amides is 1. The average Bonchev–Trinajstić information content (AvgIpc) is 3.37. The summed E-state index contributed by atoms with van der Waals surface area (Å²) in [6.07, 6.45) is 2.23. The Bertz CT molecular complexity index is 1660. The highest BCUT2D eigenvalue weighted by molar-refractivity contribution is 6.30. The number of benzene rings is 2. The molecular weight excluding hydrogens is 490 g/mol. The lowest BCUT2D eigenvalue weighted by Crippen LogP contribution is -2.30. The summed E-state index contributed by atoms with van der Waals surface area (Å²) >= 11 is 5.94. The molecule has 0 saturated carbocycles. The van der Waals surface area contributed by atoms with E-state index in [2.05, 4.69) is 20.4 Å². The Labute approximate surface area is 217 Å². The summed E-state index contributed by atoms with van der Waals surface area (Å²) in [6.45, 7) is 4.22. The van der Waals surface area contributed by atoms with Crippen LogP contribution in [0.4, 0.5) is 0 Å². The van der Waals surface area contributed by atoms with Crippen molar-refractivity contribution < 1.29 is 9.32 Å². The second-order valence-electron chi connectivity index (χ2n) is 8.79. The van der Waals surface area contributed by atoms with Crippen LogP contribution in [0.5, 0.6) is 0 Å². The Morgan fingerprint density at radius 3 is 2.57 bits per heavy atom. The van der Waals surface area contributed by atoms with Gasteiger partial charge in [-0.15, -0.1) is 0 Å². The lowest BCUT2D eigenvalue weighted by Gasteiger charge is -2.12. The maximum absolute atomic E-state index is 13.4. The Balaban J connectivity index is 1.44. The van der Waals surface area contributed by atoms with E-state index in [1.54, 1.807) is 22.9 Å². The third-order valence-electron chi connectivity index (χ3n) is 6.07. The van der Waals surface area contributed by atoms with Crippen molar-refractivity contribution in [2.24, 2.45) is 0 Å². The summed E-state index contributed by atoms with van der Waals surface area (Å²) in [4.78, 5) is 35.2. The number of hydrogen-bond acceptors (Lipinski definition) is 6. The first-order valence-corrected chi connectivity index (χ1v) is 12.2. The molecule has 3 aromatic heterocycles. The second kappa shape index (κ2) is 10.4. The molecule has 0 aliphatic carbocycles. The van der Waals surface area contributed by atoms with Crippen molar-refractivity contribution in [3.8, 4) is 22.8 Å². The van der Waals surface area contributed by atoms with Crippen LogP contribution < -0.4 is 10.7 Å². The van der Waals surface area contributed by atoms with E-state index in [1.165, 1.54) is 0 Å². The summed E-state index contributed by atoms with van der Waals surface area (Å²) in [5, 5.41) is 8.05. The van der Waals surface area contributed by atoms with Crippen molar-refractivity contribution in [2.45, 2.75) is 26.8 Å². The monoisotopic (exact) mass is 513 g/mol. The Morgan fingerprint density at radius 1 is 1.00 bits per heavy atom. The predicted octanol–water partition coefficient (Wildman–Crippen LogP) is 4.74. The molecule has 0 unspecified atom stereocenters. The van der Waals surface area contributed by atoms with Gasteiger partial charge in [0, 0.05) is 29.0 Å². The number of nitrogens with one attached hydrogen (secondary N) is 1. The SMILES string of the molecule is Cc1ccc2c(=O)c(-c3nc(-c4ccccc4C)no3)cn(CC(=O)NCCc3ccc(Cl)cc3)c2n1. The van der Waals surface area contributed by atoms with E-state index in [4.69, 9.17) is 16.1 Å². The summed E-state index contributed by atoms with van der Waals surface area (Å²) in [6, 6.07) is 18.6. The number of halogens is 1. The van der Waals surface area contributed by atoms with Crippen LogP contribution in [0.15, 0.2) is 76.2 Å². The van der Waals surface area contributed by atoms with Gasteiger partial charge >= 0.3 is 0 Å². The molecule has 0 fully saturated rings. The minimum Gasteiger partial charge on any atom is -0.354 e. The highest BCUT2D eigenvalue weighted by Gasteiger charge is 2.19. The zero-order valence-electron chi connectivity index (χ0n) is 20.4. The third kappa shape index (κ3) is 5.29. The average molecular weight is 514 g/mol. The highest BCUT2D eigenvalue weighted by atomic mass is 35.5. The fraction of sp³-hybridized carbons (Fsp3) is 0.179. The molecule has 37 heavy (non-hydrogen) atoms. The fourth-order valence-electron chi connectivity index (χ4n) is 4.11. The molecule has 1 N–H and O–H groups in total. The van der Waals surface area contributed by atoms with Gasteiger partial charge in [-0.25, -0.2) is 4.98 Å². The molecular formula is C28H24ClN5O3. The predicted molar refractivity (Wildman–Crippen MR) is 142 cm³/mol. The zero-order valence-corrected chi connectivity index (χ0v) is 21.1. The molecule has 0 spiro atoms. The molecule has 0 atom stereocenters. The lowest BCUT2D eigenvalue weighted by atomic mass is 10.1. The van der Waals surface area contributed by atoms with E-state index in [9.17, 15) is 9.59 Å². The van der Waals surface area contributed by atoms with Crippen LogP contribution in [0.1, 0.15) is 16.8 Å². The summed E-state index contributed by atoms with van der Waals surface area (Å²) in [5.74, 6) is 0.267. The van der Waals surface area contributed by atoms with Crippen LogP contribution in [0, 0.1) is 13.8 Å². The van der Waals surface area contributed by atoms with Gasteiger partial charge in [0.25, 0.3) is 5.89 Å². The minimum atomic E-state index is -0.290. The van der Waals surface area contributed by atoms with E-state index in [-0.39, 0.29) is 29.3 Å². The maximum atomic E-state index is 13.4. The molecule has 186 valence electrons. The molecule has 2 aromatic carbocycles. The van der Waals surface area contributed by atoms with E-state index < -0.39 is 0 Å². The number of hydrogen-bond donors (Lipinski definition) is 1. The topological polar surface area (TPSA) is 103 Å². The molecule has 9 heteroatoms. The van der Waals surface area contributed by atoms with E-state index in [1.807, 2.05) is 62.4 Å². The van der Waals surface area contributed by atoms with Crippen LogP contribution in [-0.4, -0.2) is 32.1 Å². The van der Waals surface area contributed by atoms with Crippen molar-refractivity contribution in [3.05, 3.63) is 98.9 Å². The van der Waals surface area contributed by atoms with E-state index in [0.29, 0.717) is 34.8 Å². The van der Waals surface area contributed by atoms with Gasteiger partial charge in [0.15, 0.2) is 0 Å². The van der Waals surface area contributed by atoms with Crippen molar-refractivity contribution in [3.63, 3.8) is 0 Å². The number of rotatable bonds is 7. The molecule has 0 aliphatic rings. The van der Waals surface area contributed by atoms with Crippen LogP contribution >= 0.6 is 11.6 Å². The first-order valence-electron chi connectivity index (χ1n) is 11.8. The number of nitrogens with zero attached hydrogens (tertiary/aromatic N) is 4. The van der Waals surface area contributed by atoms with Crippen molar-refractivity contribution >= 4 is 28.5 Å². The fourth-order valence-corrected chi connectivity index (χ4v) is 4.23. The quantitative estimate of drug-likeness (QED) is 0.337. The van der Waals surface area contributed by atoms with Gasteiger partial charge in [0.05, 0.1) is 5.39 Å². The summed E-state index contributed by atoms with van der Waals surface area (Å²) in [7, 11) is 0. The van der Waals surface area contributed by atoms with Gasteiger partial charge in [-0.05, 0) is 55.7 Å². The first-order chi connectivity index (χ1) is 17.9. The molecule has 5 rings (SSSR count). The maximum Gasteiger partial charge on any atom is 0.263 e.